The third-order valence-corrected chi connectivity index (χ3v) is 6.30. The van der Waals surface area contributed by atoms with Crippen molar-refractivity contribution in [3.63, 3.8) is 0 Å². The van der Waals surface area contributed by atoms with Gasteiger partial charge in [0.05, 0.1) is 35.9 Å². The largest absolute Gasteiger partial charge is 0.456 e. The number of anilines is 2. The maximum Gasteiger partial charge on any atom is 0.414 e. The fourth-order valence-corrected chi connectivity index (χ4v) is 4.22. The molecule has 5 rings (SSSR count). The van der Waals surface area contributed by atoms with E-state index in [-0.39, 0.29) is 29.0 Å². The molecule has 0 atom stereocenters. The monoisotopic (exact) mass is 517 g/mol. The number of nitrogens with zero attached hydrogens (tertiary/aromatic N) is 4. The Hall–Kier alpha value is -4.47. The second-order valence-electron chi connectivity index (χ2n) is 10.1. The molecule has 2 aromatic heterocycles. The molecule has 0 radical (unpaired) electrons. The number of cyclic esters (lactones) is 1. The molecule has 1 aliphatic heterocycles. The number of hydrogen-bond donors (Lipinski definition) is 1. The molecule has 0 spiro atoms. The van der Waals surface area contributed by atoms with Crippen LogP contribution in [0.15, 0.2) is 55.0 Å². The first-order chi connectivity index (χ1) is 18.1. The molecule has 1 aliphatic rings. The van der Waals surface area contributed by atoms with E-state index in [1.54, 1.807) is 66.6 Å². The highest BCUT2D eigenvalue weighted by molar-refractivity contribution is 5.95. The van der Waals surface area contributed by atoms with Gasteiger partial charge in [0.25, 0.3) is 0 Å². The molecule has 1 N–H and O–H groups in total. The van der Waals surface area contributed by atoms with Gasteiger partial charge in [0.2, 0.25) is 5.91 Å². The average molecular weight is 518 g/mol. The number of nitrogens with one attached hydrogen (secondary N) is 1. The molecule has 2 aromatic carbocycles. The molecular formula is C28H28FN5O4. The highest BCUT2D eigenvalue weighted by Gasteiger charge is 2.24. The number of halogens is 1. The van der Waals surface area contributed by atoms with E-state index in [1.165, 1.54) is 4.90 Å². The Labute approximate surface area is 219 Å². The standard InChI is InChI=1S/C28H28FN5O4/c1-17-23(8-5-18(26(17)29)13-25(35)32-19-15-31-34(16-19)28(2,3)4)38-24-9-10-30-22-7-6-20(14-21(22)24)33-11-12-37-27(33)36/h5-10,14-16H,11-13H2,1-4H3,(H,32,35). The summed E-state index contributed by atoms with van der Waals surface area (Å²) in [5, 5.41) is 7.71. The normalized spacial score (nSPS) is 13.6. The maximum atomic E-state index is 15.3. The smallest absolute Gasteiger partial charge is 0.414 e. The van der Waals surface area contributed by atoms with Crippen LogP contribution >= 0.6 is 0 Å². The summed E-state index contributed by atoms with van der Waals surface area (Å²) in [5.74, 6) is -0.0784. The number of benzene rings is 2. The van der Waals surface area contributed by atoms with Crippen molar-refractivity contribution in [1.29, 1.82) is 0 Å². The third kappa shape index (κ3) is 5.02. The van der Waals surface area contributed by atoms with Crippen molar-refractivity contribution >= 4 is 34.3 Å². The molecule has 2 amide bonds. The lowest BCUT2D eigenvalue weighted by molar-refractivity contribution is -0.115. The summed E-state index contributed by atoms with van der Waals surface area (Å²) in [6.07, 6.45) is 4.37. The summed E-state index contributed by atoms with van der Waals surface area (Å²) < 4.78 is 28.2. The van der Waals surface area contributed by atoms with E-state index in [0.29, 0.717) is 46.9 Å². The van der Waals surface area contributed by atoms with Crippen molar-refractivity contribution < 1.29 is 23.5 Å². The molecule has 196 valence electrons. The molecule has 0 saturated carbocycles. The number of pyridine rings is 1. The summed E-state index contributed by atoms with van der Waals surface area (Å²) in [4.78, 5) is 30.5. The maximum absolute atomic E-state index is 15.3. The number of amides is 2. The molecule has 3 heterocycles. The molecule has 0 bridgehead atoms. The van der Waals surface area contributed by atoms with E-state index in [4.69, 9.17) is 9.47 Å². The zero-order valence-corrected chi connectivity index (χ0v) is 21.6. The Morgan fingerprint density at radius 2 is 2.00 bits per heavy atom. The van der Waals surface area contributed by atoms with Crippen molar-refractivity contribution in [2.75, 3.05) is 23.4 Å². The summed E-state index contributed by atoms with van der Waals surface area (Å²) in [7, 11) is 0. The first-order valence-electron chi connectivity index (χ1n) is 12.2. The predicted octanol–water partition coefficient (Wildman–Crippen LogP) is 5.56. The van der Waals surface area contributed by atoms with Gasteiger partial charge in [-0.15, -0.1) is 0 Å². The van der Waals surface area contributed by atoms with Gasteiger partial charge < -0.3 is 14.8 Å². The Morgan fingerprint density at radius 3 is 2.71 bits per heavy atom. The van der Waals surface area contributed by atoms with Crippen LogP contribution in [0.4, 0.5) is 20.6 Å². The average Bonchev–Trinajstić information content (AvgIpc) is 3.52. The van der Waals surface area contributed by atoms with E-state index in [2.05, 4.69) is 15.4 Å². The molecule has 10 heteroatoms. The minimum atomic E-state index is -0.512. The van der Waals surface area contributed by atoms with Crippen LogP contribution in [0.1, 0.15) is 31.9 Å². The lowest BCUT2D eigenvalue weighted by Crippen LogP contribution is -2.23. The van der Waals surface area contributed by atoms with Crippen LogP contribution in [-0.2, 0) is 21.5 Å². The summed E-state index contributed by atoms with van der Waals surface area (Å²) in [6.45, 7) is 8.41. The number of carbonyl (C=O) groups excluding carboxylic acids is 2. The van der Waals surface area contributed by atoms with Crippen molar-refractivity contribution in [2.24, 2.45) is 0 Å². The zero-order valence-electron chi connectivity index (χ0n) is 21.6. The molecule has 38 heavy (non-hydrogen) atoms. The van der Waals surface area contributed by atoms with Crippen molar-refractivity contribution in [3.8, 4) is 11.5 Å². The van der Waals surface area contributed by atoms with Crippen LogP contribution in [0.5, 0.6) is 11.5 Å². The number of ether oxygens (including phenoxy) is 2. The highest BCUT2D eigenvalue weighted by Crippen LogP contribution is 2.35. The fraction of sp³-hybridized carbons (Fsp3) is 0.286. The van der Waals surface area contributed by atoms with Gasteiger partial charge in [-0.05, 0) is 63.6 Å². The van der Waals surface area contributed by atoms with Crippen LogP contribution in [-0.4, -0.2) is 39.9 Å². The minimum absolute atomic E-state index is 0.138. The lowest BCUT2D eigenvalue weighted by Gasteiger charge is -2.18. The molecule has 1 saturated heterocycles. The van der Waals surface area contributed by atoms with Gasteiger partial charge >= 0.3 is 6.09 Å². The summed E-state index contributed by atoms with van der Waals surface area (Å²) >= 11 is 0. The van der Waals surface area contributed by atoms with Crippen LogP contribution < -0.4 is 15.0 Å². The van der Waals surface area contributed by atoms with Crippen LogP contribution in [0.25, 0.3) is 10.9 Å². The Bertz CT molecular complexity index is 1540. The van der Waals surface area contributed by atoms with Gasteiger partial charge in [-0.1, -0.05) is 6.07 Å². The molecule has 1 fully saturated rings. The van der Waals surface area contributed by atoms with Crippen molar-refractivity contribution in [1.82, 2.24) is 14.8 Å². The number of fused-ring (bicyclic) bond motifs is 1. The van der Waals surface area contributed by atoms with E-state index in [1.807, 2.05) is 20.8 Å². The fourth-order valence-electron chi connectivity index (χ4n) is 4.22. The van der Waals surface area contributed by atoms with Crippen LogP contribution in [0, 0.1) is 12.7 Å². The molecule has 9 nitrogen and oxygen atoms in total. The van der Waals surface area contributed by atoms with Gasteiger partial charge in [0.15, 0.2) is 0 Å². The van der Waals surface area contributed by atoms with Crippen molar-refractivity contribution in [3.05, 3.63) is 71.9 Å². The first kappa shape index (κ1) is 25.2. The molecule has 0 unspecified atom stereocenters. The Kier molecular flexibility index (Phi) is 6.48. The predicted molar refractivity (Wildman–Crippen MR) is 141 cm³/mol. The number of hydrogen-bond acceptors (Lipinski definition) is 6. The van der Waals surface area contributed by atoms with E-state index >= 15 is 4.39 Å². The van der Waals surface area contributed by atoms with Gasteiger partial charge in [-0.2, -0.15) is 5.10 Å². The van der Waals surface area contributed by atoms with Crippen LogP contribution in [0.3, 0.4) is 0 Å². The second-order valence-corrected chi connectivity index (χ2v) is 10.1. The topological polar surface area (TPSA) is 98.6 Å². The Balaban J connectivity index is 1.35. The first-order valence-corrected chi connectivity index (χ1v) is 12.2. The van der Waals surface area contributed by atoms with Gasteiger partial charge in [-0.3, -0.25) is 19.4 Å². The summed E-state index contributed by atoms with van der Waals surface area (Å²) in [6, 6.07) is 10.3. The zero-order chi connectivity index (χ0) is 27.0. The van der Waals surface area contributed by atoms with Gasteiger partial charge in [0.1, 0.15) is 23.9 Å². The SMILES string of the molecule is Cc1c(Oc2ccnc3ccc(N4CCOC4=O)cc23)ccc(CC(=O)Nc2cnn(C(C)(C)C)c2)c1F. The quantitative estimate of drug-likeness (QED) is 0.359. The number of rotatable bonds is 6. The number of aromatic nitrogens is 3. The van der Waals surface area contributed by atoms with E-state index < -0.39 is 11.9 Å². The van der Waals surface area contributed by atoms with Crippen molar-refractivity contribution in [2.45, 2.75) is 39.7 Å². The summed E-state index contributed by atoms with van der Waals surface area (Å²) in [5.41, 5.74) is 2.19. The van der Waals surface area contributed by atoms with Crippen LogP contribution in [0.2, 0.25) is 0 Å². The second kappa shape index (κ2) is 9.77. The molecular weight excluding hydrogens is 489 g/mol. The molecule has 4 aromatic rings. The van der Waals surface area contributed by atoms with E-state index in [9.17, 15) is 9.59 Å². The lowest BCUT2D eigenvalue weighted by atomic mass is 10.1. The van der Waals surface area contributed by atoms with Gasteiger partial charge in [0, 0.05) is 29.0 Å². The highest BCUT2D eigenvalue weighted by atomic mass is 19.1. The number of carbonyl (C=O) groups is 2. The van der Waals surface area contributed by atoms with E-state index in [0.717, 1.165) is 0 Å². The third-order valence-electron chi connectivity index (χ3n) is 6.30. The van der Waals surface area contributed by atoms with Gasteiger partial charge in [-0.25, -0.2) is 9.18 Å². The minimum Gasteiger partial charge on any atom is -0.456 e. The molecule has 0 aliphatic carbocycles. The Morgan fingerprint density at radius 1 is 1.18 bits per heavy atom.